The van der Waals surface area contributed by atoms with E-state index in [1.807, 2.05) is 11.0 Å². The van der Waals surface area contributed by atoms with Crippen molar-refractivity contribution in [1.29, 1.82) is 0 Å². The zero-order chi connectivity index (χ0) is 12.5. The molecule has 1 heterocycles. The third-order valence-corrected chi connectivity index (χ3v) is 3.10. The molecule has 0 bridgehead atoms. The molecule has 1 aliphatic rings. The number of urea groups is 1. The fraction of sp³-hybridized carbons (Fsp3) is 0.769. The summed E-state index contributed by atoms with van der Waals surface area (Å²) in [5.74, 6) is 0. The van der Waals surface area contributed by atoms with Gasteiger partial charge in [-0.15, -0.1) is 6.58 Å². The van der Waals surface area contributed by atoms with Crippen LogP contribution < -0.4 is 5.32 Å². The van der Waals surface area contributed by atoms with Crippen LogP contribution >= 0.6 is 0 Å². The summed E-state index contributed by atoms with van der Waals surface area (Å²) in [5, 5.41) is 2.98. The van der Waals surface area contributed by atoms with Crippen molar-refractivity contribution < 1.29 is 4.79 Å². The second kappa shape index (κ2) is 8.12. The van der Waals surface area contributed by atoms with Crippen LogP contribution in [0.3, 0.4) is 0 Å². The van der Waals surface area contributed by atoms with Crippen molar-refractivity contribution in [1.82, 2.24) is 15.1 Å². The van der Waals surface area contributed by atoms with Gasteiger partial charge >= 0.3 is 6.03 Å². The summed E-state index contributed by atoms with van der Waals surface area (Å²) in [4.78, 5) is 16.0. The number of carbonyl (C=O) groups is 1. The van der Waals surface area contributed by atoms with E-state index in [0.717, 1.165) is 45.7 Å². The van der Waals surface area contributed by atoms with Crippen molar-refractivity contribution in [2.24, 2.45) is 0 Å². The molecular weight excluding hydrogens is 214 g/mol. The molecular formula is C13H25N3O. The topological polar surface area (TPSA) is 35.6 Å². The molecule has 4 heteroatoms. The molecule has 1 saturated heterocycles. The zero-order valence-corrected chi connectivity index (χ0v) is 11.0. The van der Waals surface area contributed by atoms with Gasteiger partial charge in [-0.3, -0.25) is 4.90 Å². The van der Waals surface area contributed by atoms with Gasteiger partial charge in [-0.2, -0.15) is 0 Å². The van der Waals surface area contributed by atoms with Crippen molar-refractivity contribution in [3.05, 3.63) is 12.7 Å². The van der Waals surface area contributed by atoms with Gasteiger partial charge in [-0.25, -0.2) is 4.79 Å². The maximum Gasteiger partial charge on any atom is 0.317 e. The van der Waals surface area contributed by atoms with E-state index in [2.05, 4.69) is 23.7 Å². The SMILES string of the molecule is C=CCN1CCN(C(=O)NCCCCC)CC1. The van der Waals surface area contributed by atoms with Gasteiger partial charge < -0.3 is 10.2 Å². The summed E-state index contributed by atoms with van der Waals surface area (Å²) in [5.41, 5.74) is 0. The lowest BCUT2D eigenvalue weighted by Crippen LogP contribution is -2.51. The van der Waals surface area contributed by atoms with Gasteiger partial charge in [-0.1, -0.05) is 25.8 Å². The van der Waals surface area contributed by atoms with Crippen molar-refractivity contribution in [2.75, 3.05) is 39.3 Å². The van der Waals surface area contributed by atoms with Crippen LogP contribution in [-0.2, 0) is 0 Å². The number of amides is 2. The molecule has 17 heavy (non-hydrogen) atoms. The average molecular weight is 239 g/mol. The highest BCUT2D eigenvalue weighted by molar-refractivity contribution is 5.74. The predicted molar refractivity (Wildman–Crippen MR) is 71.1 cm³/mol. The van der Waals surface area contributed by atoms with Crippen LogP contribution in [0.5, 0.6) is 0 Å². The fourth-order valence-electron chi connectivity index (χ4n) is 2.00. The van der Waals surface area contributed by atoms with E-state index in [1.54, 1.807) is 0 Å². The van der Waals surface area contributed by atoms with Crippen molar-refractivity contribution >= 4 is 6.03 Å². The first-order valence-corrected chi connectivity index (χ1v) is 6.64. The van der Waals surface area contributed by atoms with Crippen molar-refractivity contribution in [3.63, 3.8) is 0 Å². The Morgan fingerprint density at radius 2 is 2.00 bits per heavy atom. The van der Waals surface area contributed by atoms with E-state index in [4.69, 9.17) is 0 Å². The number of nitrogens with zero attached hydrogens (tertiary/aromatic N) is 2. The lowest BCUT2D eigenvalue weighted by Gasteiger charge is -2.34. The zero-order valence-electron chi connectivity index (χ0n) is 11.0. The number of rotatable bonds is 6. The lowest BCUT2D eigenvalue weighted by atomic mass is 10.2. The molecule has 1 fully saturated rings. The molecule has 1 aliphatic heterocycles. The minimum absolute atomic E-state index is 0.0966. The van der Waals surface area contributed by atoms with Crippen molar-refractivity contribution in [3.8, 4) is 0 Å². The van der Waals surface area contributed by atoms with Gasteiger partial charge in [0.05, 0.1) is 0 Å². The largest absolute Gasteiger partial charge is 0.338 e. The van der Waals surface area contributed by atoms with Gasteiger partial charge in [0.15, 0.2) is 0 Å². The van der Waals surface area contributed by atoms with Gasteiger partial charge in [0.2, 0.25) is 0 Å². The first kappa shape index (κ1) is 14.0. The van der Waals surface area contributed by atoms with E-state index < -0.39 is 0 Å². The summed E-state index contributed by atoms with van der Waals surface area (Å²) in [6.07, 6.45) is 5.38. The van der Waals surface area contributed by atoms with E-state index >= 15 is 0 Å². The van der Waals surface area contributed by atoms with Crippen LogP contribution in [-0.4, -0.2) is 55.1 Å². The van der Waals surface area contributed by atoms with Gasteiger partial charge in [0, 0.05) is 39.3 Å². The molecule has 2 amide bonds. The third kappa shape index (κ3) is 5.22. The minimum Gasteiger partial charge on any atom is -0.338 e. The van der Waals surface area contributed by atoms with Crippen LogP contribution in [0, 0.1) is 0 Å². The Morgan fingerprint density at radius 1 is 1.29 bits per heavy atom. The summed E-state index contributed by atoms with van der Waals surface area (Å²) in [6.45, 7) is 11.2. The molecule has 4 nitrogen and oxygen atoms in total. The normalized spacial score (nSPS) is 16.9. The molecule has 0 unspecified atom stereocenters. The van der Waals surface area contributed by atoms with Gasteiger partial charge in [0.25, 0.3) is 0 Å². The Balaban J connectivity index is 2.14. The summed E-state index contributed by atoms with van der Waals surface area (Å²) in [7, 11) is 0. The third-order valence-electron chi connectivity index (χ3n) is 3.10. The number of hydrogen-bond acceptors (Lipinski definition) is 2. The molecule has 0 atom stereocenters. The maximum atomic E-state index is 11.8. The van der Waals surface area contributed by atoms with Crippen LogP contribution in [0.1, 0.15) is 26.2 Å². The highest BCUT2D eigenvalue weighted by Crippen LogP contribution is 2.02. The maximum absolute atomic E-state index is 11.8. The van der Waals surface area contributed by atoms with Crippen LogP contribution in [0.2, 0.25) is 0 Å². The van der Waals surface area contributed by atoms with Crippen LogP contribution in [0.4, 0.5) is 4.79 Å². The molecule has 1 rings (SSSR count). The minimum atomic E-state index is 0.0966. The number of hydrogen-bond donors (Lipinski definition) is 1. The molecule has 0 aromatic carbocycles. The molecule has 0 aromatic heterocycles. The Labute approximate surface area is 105 Å². The predicted octanol–water partition coefficient (Wildman–Crippen LogP) is 1.69. The Hall–Kier alpha value is -1.03. The quantitative estimate of drug-likeness (QED) is 0.565. The number of carbonyl (C=O) groups excluding carboxylic acids is 1. The molecule has 0 saturated carbocycles. The molecule has 98 valence electrons. The van der Waals surface area contributed by atoms with E-state index in [9.17, 15) is 4.79 Å². The second-order valence-corrected chi connectivity index (χ2v) is 4.52. The van der Waals surface area contributed by atoms with Crippen LogP contribution in [0.15, 0.2) is 12.7 Å². The Bertz CT molecular complexity index is 235. The molecule has 0 spiro atoms. The summed E-state index contributed by atoms with van der Waals surface area (Å²) in [6, 6.07) is 0.0966. The first-order chi connectivity index (χ1) is 8.27. The standard InChI is InChI=1S/C13H25N3O/c1-3-5-6-7-14-13(17)16-11-9-15(8-4-2)10-12-16/h4H,2-3,5-12H2,1H3,(H,14,17). The highest BCUT2D eigenvalue weighted by atomic mass is 16.2. The fourth-order valence-corrected chi connectivity index (χ4v) is 2.00. The Morgan fingerprint density at radius 3 is 2.59 bits per heavy atom. The van der Waals surface area contributed by atoms with E-state index in [-0.39, 0.29) is 6.03 Å². The second-order valence-electron chi connectivity index (χ2n) is 4.52. The molecule has 0 aliphatic carbocycles. The van der Waals surface area contributed by atoms with E-state index in [0.29, 0.717) is 0 Å². The first-order valence-electron chi connectivity index (χ1n) is 6.64. The average Bonchev–Trinajstić information content (AvgIpc) is 2.36. The number of unbranched alkanes of at least 4 members (excludes halogenated alkanes) is 2. The Kier molecular flexibility index (Phi) is 6.70. The molecule has 0 radical (unpaired) electrons. The number of nitrogens with one attached hydrogen (secondary N) is 1. The number of piperazine rings is 1. The highest BCUT2D eigenvalue weighted by Gasteiger charge is 2.19. The smallest absolute Gasteiger partial charge is 0.317 e. The van der Waals surface area contributed by atoms with Gasteiger partial charge in [0.1, 0.15) is 0 Å². The van der Waals surface area contributed by atoms with Gasteiger partial charge in [-0.05, 0) is 6.42 Å². The summed E-state index contributed by atoms with van der Waals surface area (Å²) < 4.78 is 0. The summed E-state index contributed by atoms with van der Waals surface area (Å²) >= 11 is 0. The van der Waals surface area contributed by atoms with E-state index in [1.165, 1.54) is 12.8 Å². The monoisotopic (exact) mass is 239 g/mol. The molecule has 1 N–H and O–H groups in total. The van der Waals surface area contributed by atoms with Crippen LogP contribution in [0.25, 0.3) is 0 Å². The van der Waals surface area contributed by atoms with Crippen molar-refractivity contribution in [2.45, 2.75) is 26.2 Å². The molecule has 0 aromatic rings. The lowest BCUT2D eigenvalue weighted by molar-refractivity contribution is 0.146.